The van der Waals surface area contributed by atoms with Crippen LogP contribution in [0.4, 0.5) is 0 Å². The summed E-state index contributed by atoms with van der Waals surface area (Å²) >= 11 is 5.65. The van der Waals surface area contributed by atoms with Crippen LogP contribution in [0.2, 0.25) is 0 Å². The number of halogens is 1. The molecule has 1 rings (SSSR count). The van der Waals surface area contributed by atoms with Crippen LogP contribution in [0.1, 0.15) is 32.3 Å². The summed E-state index contributed by atoms with van der Waals surface area (Å²) in [6, 6.07) is 5.71. The lowest BCUT2D eigenvalue weighted by molar-refractivity contribution is -0.143. The first-order valence-electron chi connectivity index (χ1n) is 7.55. The Kier molecular flexibility index (Phi) is 8.02. The van der Waals surface area contributed by atoms with E-state index in [1.54, 1.807) is 12.1 Å². The SMILES string of the molecule is COC(=O)C(CC(C)C)NS(=O)(=O)c1ccc(CCCCl)cc1. The standard InChI is InChI=1S/C16H24ClNO4S/c1-12(2)11-15(16(19)22-3)18-23(20,21)14-8-6-13(7-9-14)5-4-10-17/h6-9,12,15,18H,4-5,10-11H2,1-3H3. The monoisotopic (exact) mass is 361 g/mol. The Hall–Kier alpha value is -1.11. The molecule has 0 aromatic heterocycles. The number of esters is 1. The smallest absolute Gasteiger partial charge is 0.323 e. The first-order chi connectivity index (χ1) is 10.8. The van der Waals surface area contributed by atoms with E-state index in [1.165, 1.54) is 19.2 Å². The van der Waals surface area contributed by atoms with Gasteiger partial charge in [0, 0.05) is 5.88 Å². The molecule has 0 spiro atoms. The molecule has 0 radical (unpaired) electrons. The van der Waals surface area contributed by atoms with E-state index in [9.17, 15) is 13.2 Å². The van der Waals surface area contributed by atoms with E-state index in [1.807, 2.05) is 13.8 Å². The lowest BCUT2D eigenvalue weighted by Gasteiger charge is -2.18. The highest BCUT2D eigenvalue weighted by atomic mass is 35.5. The van der Waals surface area contributed by atoms with Gasteiger partial charge in [0.2, 0.25) is 10.0 Å². The Bertz CT molecular complexity index is 599. The van der Waals surface area contributed by atoms with E-state index < -0.39 is 22.0 Å². The number of aryl methyl sites for hydroxylation is 1. The van der Waals surface area contributed by atoms with Crippen molar-refractivity contribution < 1.29 is 17.9 Å². The van der Waals surface area contributed by atoms with Crippen LogP contribution in [-0.2, 0) is 26.0 Å². The van der Waals surface area contributed by atoms with Gasteiger partial charge in [-0.2, -0.15) is 4.72 Å². The van der Waals surface area contributed by atoms with Crippen LogP contribution in [0.25, 0.3) is 0 Å². The van der Waals surface area contributed by atoms with Gasteiger partial charge in [0.1, 0.15) is 6.04 Å². The summed E-state index contributed by atoms with van der Waals surface area (Å²) in [7, 11) is -2.53. The molecule has 1 unspecified atom stereocenters. The van der Waals surface area contributed by atoms with Gasteiger partial charge in [-0.15, -0.1) is 11.6 Å². The molecule has 1 aromatic carbocycles. The van der Waals surface area contributed by atoms with Crippen molar-refractivity contribution in [2.45, 2.75) is 44.0 Å². The van der Waals surface area contributed by atoms with Gasteiger partial charge in [-0.05, 0) is 42.9 Å². The van der Waals surface area contributed by atoms with E-state index in [0.29, 0.717) is 12.3 Å². The minimum atomic E-state index is -3.77. The van der Waals surface area contributed by atoms with Crippen LogP contribution in [0.15, 0.2) is 29.2 Å². The van der Waals surface area contributed by atoms with E-state index in [4.69, 9.17) is 11.6 Å². The first kappa shape index (κ1) is 19.9. The highest BCUT2D eigenvalue weighted by Crippen LogP contribution is 2.15. The number of nitrogens with one attached hydrogen (secondary N) is 1. The molecule has 7 heteroatoms. The van der Waals surface area contributed by atoms with Crippen molar-refractivity contribution >= 4 is 27.6 Å². The molecule has 0 heterocycles. The van der Waals surface area contributed by atoms with Gasteiger partial charge in [0.05, 0.1) is 12.0 Å². The lowest BCUT2D eigenvalue weighted by Crippen LogP contribution is -2.42. The summed E-state index contributed by atoms with van der Waals surface area (Å²) in [6.45, 7) is 3.83. The number of carbonyl (C=O) groups excluding carboxylic acids is 1. The maximum Gasteiger partial charge on any atom is 0.323 e. The molecular weight excluding hydrogens is 338 g/mol. The van der Waals surface area contributed by atoms with Gasteiger partial charge < -0.3 is 4.74 Å². The molecule has 130 valence electrons. The third-order valence-electron chi connectivity index (χ3n) is 3.32. The largest absolute Gasteiger partial charge is 0.468 e. The molecule has 1 aromatic rings. The second kappa shape index (κ2) is 9.25. The van der Waals surface area contributed by atoms with Crippen LogP contribution in [0.3, 0.4) is 0 Å². The molecule has 0 aliphatic carbocycles. The van der Waals surface area contributed by atoms with Crippen molar-refractivity contribution in [2.24, 2.45) is 5.92 Å². The van der Waals surface area contributed by atoms with E-state index in [2.05, 4.69) is 9.46 Å². The molecule has 23 heavy (non-hydrogen) atoms. The molecule has 0 saturated carbocycles. The highest BCUT2D eigenvalue weighted by Gasteiger charge is 2.27. The number of carbonyl (C=O) groups is 1. The molecule has 0 fully saturated rings. The van der Waals surface area contributed by atoms with E-state index >= 15 is 0 Å². The first-order valence-corrected chi connectivity index (χ1v) is 9.57. The lowest BCUT2D eigenvalue weighted by atomic mass is 10.1. The van der Waals surface area contributed by atoms with Crippen molar-refractivity contribution in [2.75, 3.05) is 13.0 Å². The fraction of sp³-hybridized carbons (Fsp3) is 0.562. The quantitative estimate of drug-likeness (QED) is 0.542. The Balaban J connectivity index is 2.89. The summed E-state index contributed by atoms with van der Waals surface area (Å²) in [5.41, 5.74) is 1.02. The minimum Gasteiger partial charge on any atom is -0.468 e. The summed E-state index contributed by atoms with van der Waals surface area (Å²) in [5.74, 6) is 0.137. The summed E-state index contributed by atoms with van der Waals surface area (Å²) < 4.78 is 32.0. The zero-order valence-electron chi connectivity index (χ0n) is 13.7. The van der Waals surface area contributed by atoms with Crippen LogP contribution in [0, 0.1) is 5.92 Å². The number of benzene rings is 1. The van der Waals surface area contributed by atoms with Crippen molar-refractivity contribution in [3.63, 3.8) is 0 Å². The Morgan fingerprint density at radius 2 is 1.87 bits per heavy atom. The molecule has 0 aliphatic rings. The van der Waals surface area contributed by atoms with Crippen LogP contribution in [0.5, 0.6) is 0 Å². The molecule has 0 saturated heterocycles. The number of hydrogen-bond donors (Lipinski definition) is 1. The van der Waals surface area contributed by atoms with Crippen LogP contribution < -0.4 is 4.72 Å². The normalized spacial score (nSPS) is 13.1. The number of rotatable bonds is 9. The third kappa shape index (κ3) is 6.49. The average Bonchev–Trinajstić information content (AvgIpc) is 2.51. The third-order valence-corrected chi connectivity index (χ3v) is 5.08. The Labute approximate surface area is 143 Å². The number of hydrogen-bond acceptors (Lipinski definition) is 4. The minimum absolute atomic E-state index is 0.129. The number of alkyl halides is 1. The van der Waals surface area contributed by atoms with Crippen molar-refractivity contribution in [3.8, 4) is 0 Å². The predicted molar refractivity (Wildman–Crippen MR) is 91.1 cm³/mol. The topological polar surface area (TPSA) is 72.5 Å². The fourth-order valence-electron chi connectivity index (χ4n) is 2.17. The maximum absolute atomic E-state index is 12.4. The Morgan fingerprint density at radius 3 is 2.35 bits per heavy atom. The van der Waals surface area contributed by atoms with Gasteiger partial charge in [-0.1, -0.05) is 26.0 Å². The number of sulfonamides is 1. The molecule has 0 aliphatic heterocycles. The van der Waals surface area contributed by atoms with E-state index in [-0.39, 0.29) is 10.8 Å². The van der Waals surface area contributed by atoms with Gasteiger partial charge in [-0.3, -0.25) is 4.79 Å². The zero-order chi connectivity index (χ0) is 17.5. The van der Waals surface area contributed by atoms with Gasteiger partial charge in [0.25, 0.3) is 0 Å². The number of methoxy groups -OCH3 is 1. The van der Waals surface area contributed by atoms with Crippen molar-refractivity contribution in [1.29, 1.82) is 0 Å². The Morgan fingerprint density at radius 1 is 1.26 bits per heavy atom. The second-order valence-corrected chi connectivity index (χ2v) is 7.86. The van der Waals surface area contributed by atoms with Crippen LogP contribution in [-0.4, -0.2) is 33.4 Å². The summed E-state index contributed by atoms with van der Waals surface area (Å²) in [6.07, 6.45) is 2.01. The maximum atomic E-state index is 12.4. The van der Waals surface area contributed by atoms with Crippen molar-refractivity contribution in [1.82, 2.24) is 4.72 Å². The zero-order valence-corrected chi connectivity index (χ0v) is 15.3. The highest BCUT2D eigenvalue weighted by molar-refractivity contribution is 7.89. The summed E-state index contributed by atoms with van der Waals surface area (Å²) in [4.78, 5) is 11.9. The fourth-order valence-corrected chi connectivity index (χ4v) is 3.50. The van der Waals surface area contributed by atoms with Crippen molar-refractivity contribution in [3.05, 3.63) is 29.8 Å². The average molecular weight is 362 g/mol. The second-order valence-electron chi connectivity index (χ2n) is 5.76. The molecule has 1 atom stereocenters. The number of ether oxygens (including phenoxy) is 1. The van der Waals surface area contributed by atoms with E-state index in [0.717, 1.165) is 18.4 Å². The van der Waals surface area contributed by atoms with Gasteiger partial charge in [-0.25, -0.2) is 8.42 Å². The summed E-state index contributed by atoms with van der Waals surface area (Å²) in [5, 5.41) is 0. The molecule has 1 N–H and O–H groups in total. The van der Waals surface area contributed by atoms with Gasteiger partial charge >= 0.3 is 5.97 Å². The molecule has 0 bridgehead atoms. The molecule has 5 nitrogen and oxygen atoms in total. The van der Waals surface area contributed by atoms with Crippen LogP contribution >= 0.6 is 11.6 Å². The van der Waals surface area contributed by atoms with Gasteiger partial charge in [0.15, 0.2) is 0 Å². The molecular formula is C16H24ClNO4S. The predicted octanol–water partition coefficient (Wildman–Crippen LogP) is 2.72. The molecule has 0 amide bonds.